The highest BCUT2D eigenvalue weighted by Crippen LogP contribution is 2.33. The normalized spacial score (nSPS) is 10.5. The maximum atomic E-state index is 13.8. The molecule has 0 unspecified atom stereocenters. The fourth-order valence-electron chi connectivity index (χ4n) is 1.74. The van der Waals surface area contributed by atoms with Crippen molar-refractivity contribution in [3.63, 3.8) is 0 Å². The predicted octanol–water partition coefficient (Wildman–Crippen LogP) is 5.20. The number of hydrogen-bond acceptors (Lipinski definition) is 3. The molecule has 0 radical (unpaired) electrons. The fourth-order valence-corrected chi connectivity index (χ4v) is 2.64. The van der Waals surface area contributed by atoms with Gasteiger partial charge in [0.15, 0.2) is 11.6 Å². The minimum Gasteiger partial charge on any atom is -0.490 e. The molecule has 0 aliphatic heterocycles. The van der Waals surface area contributed by atoms with Crippen molar-refractivity contribution in [2.75, 3.05) is 17.7 Å². The van der Waals surface area contributed by atoms with E-state index < -0.39 is 5.82 Å². The van der Waals surface area contributed by atoms with Crippen LogP contribution in [0.1, 0.15) is 13.3 Å². The summed E-state index contributed by atoms with van der Waals surface area (Å²) in [5.74, 6) is -0.296. The molecular weight excluding hydrogens is 406 g/mol. The van der Waals surface area contributed by atoms with Gasteiger partial charge in [0.05, 0.1) is 28.7 Å². The molecule has 0 atom stereocenters. The third-order valence-electron chi connectivity index (χ3n) is 2.77. The van der Waals surface area contributed by atoms with Crippen LogP contribution in [0.4, 0.5) is 21.5 Å². The third-order valence-corrected chi connectivity index (χ3v) is 3.75. The van der Waals surface area contributed by atoms with E-state index in [0.29, 0.717) is 28.7 Å². The zero-order valence-corrected chi connectivity index (χ0v) is 14.3. The van der Waals surface area contributed by atoms with E-state index in [4.69, 9.17) is 22.1 Å². The molecular formula is C15H15ClFIN2O. The van der Waals surface area contributed by atoms with Gasteiger partial charge in [0.25, 0.3) is 0 Å². The van der Waals surface area contributed by atoms with Crippen molar-refractivity contribution >= 4 is 51.3 Å². The maximum Gasteiger partial charge on any atom is 0.167 e. The van der Waals surface area contributed by atoms with E-state index in [-0.39, 0.29) is 5.75 Å². The number of nitrogens with one attached hydrogen (secondary N) is 1. The Hall–Kier alpha value is -1.21. The van der Waals surface area contributed by atoms with Gasteiger partial charge in [-0.25, -0.2) is 4.39 Å². The summed E-state index contributed by atoms with van der Waals surface area (Å²) >= 11 is 8.35. The van der Waals surface area contributed by atoms with Crippen molar-refractivity contribution in [3.8, 4) is 5.75 Å². The molecule has 0 aliphatic carbocycles. The summed E-state index contributed by atoms with van der Waals surface area (Å²) < 4.78 is 20.2. The Morgan fingerprint density at radius 2 is 2.05 bits per heavy atom. The second-order valence-electron chi connectivity index (χ2n) is 4.47. The summed E-state index contributed by atoms with van der Waals surface area (Å²) in [5.41, 5.74) is 7.41. The van der Waals surface area contributed by atoms with Gasteiger partial charge in [-0.3, -0.25) is 0 Å². The first kappa shape index (κ1) is 16.2. The standard InChI is InChI=1S/C15H15ClFIN2O/c1-2-5-21-15-8-14(12(19)7-11(15)17)20-13-4-3-9(18)6-10(13)16/h3-4,6-8,20H,2,5,19H2,1H3. The first-order valence-corrected chi connectivity index (χ1v) is 7.90. The molecule has 3 nitrogen and oxygen atoms in total. The average molecular weight is 421 g/mol. The van der Waals surface area contributed by atoms with Crippen molar-refractivity contribution in [2.24, 2.45) is 0 Å². The third kappa shape index (κ3) is 4.14. The van der Waals surface area contributed by atoms with Gasteiger partial charge < -0.3 is 15.8 Å². The molecule has 0 saturated heterocycles. The largest absolute Gasteiger partial charge is 0.490 e. The molecule has 2 rings (SSSR count). The second kappa shape index (κ2) is 7.17. The van der Waals surface area contributed by atoms with E-state index in [2.05, 4.69) is 27.9 Å². The first-order valence-electron chi connectivity index (χ1n) is 6.45. The van der Waals surface area contributed by atoms with Crippen LogP contribution in [0.5, 0.6) is 5.75 Å². The van der Waals surface area contributed by atoms with Crippen LogP contribution in [0.3, 0.4) is 0 Å². The van der Waals surface area contributed by atoms with Gasteiger partial charge in [-0.1, -0.05) is 18.5 Å². The van der Waals surface area contributed by atoms with Crippen molar-refractivity contribution in [3.05, 3.63) is 44.7 Å². The molecule has 6 heteroatoms. The molecule has 0 heterocycles. The monoisotopic (exact) mass is 420 g/mol. The summed E-state index contributed by atoms with van der Waals surface area (Å²) in [6, 6.07) is 8.39. The molecule has 112 valence electrons. The van der Waals surface area contributed by atoms with Crippen LogP contribution in [0, 0.1) is 9.39 Å². The molecule has 0 fully saturated rings. The van der Waals surface area contributed by atoms with E-state index in [0.717, 1.165) is 9.99 Å². The molecule has 2 aromatic rings. The quantitative estimate of drug-likeness (QED) is 0.516. The van der Waals surface area contributed by atoms with Crippen molar-refractivity contribution in [1.29, 1.82) is 0 Å². The number of hydrogen-bond donors (Lipinski definition) is 2. The Bertz CT molecular complexity index is 652. The molecule has 0 saturated carbocycles. The molecule has 0 spiro atoms. The smallest absolute Gasteiger partial charge is 0.167 e. The highest BCUT2D eigenvalue weighted by molar-refractivity contribution is 14.1. The van der Waals surface area contributed by atoms with E-state index in [1.807, 2.05) is 25.1 Å². The van der Waals surface area contributed by atoms with Gasteiger partial charge >= 0.3 is 0 Å². The highest BCUT2D eigenvalue weighted by atomic mass is 127. The number of halogens is 3. The summed E-state index contributed by atoms with van der Waals surface area (Å²) in [7, 11) is 0. The van der Waals surface area contributed by atoms with Crippen LogP contribution in [0.2, 0.25) is 5.02 Å². The van der Waals surface area contributed by atoms with E-state index >= 15 is 0 Å². The lowest BCUT2D eigenvalue weighted by Gasteiger charge is -2.14. The Morgan fingerprint density at radius 3 is 2.71 bits per heavy atom. The second-order valence-corrected chi connectivity index (χ2v) is 6.12. The van der Waals surface area contributed by atoms with Gasteiger partial charge in [-0.05, 0) is 47.2 Å². The van der Waals surface area contributed by atoms with Crippen molar-refractivity contribution in [2.45, 2.75) is 13.3 Å². The van der Waals surface area contributed by atoms with Crippen LogP contribution in [-0.4, -0.2) is 6.61 Å². The van der Waals surface area contributed by atoms with Gasteiger partial charge in [-0.2, -0.15) is 0 Å². The van der Waals surface area contributed by atoms with E-state index in [9.17, 15) is 4.39 Å². The lowest BCUT2D eigenvalue weighted by atomic mass is 10.2. The summed E-state index contributed by atoms with van der Waals surface area (Å²) in [6.07, 6.45) is 0.801. The molecule has 0 amide bonds. The van der Waals surface area contributed by atoms with Gasteiger partial charge in [0.1, 0.15) is 0 Å². The summed E-state index contributed by atoms with van der Waals surface area (Å²) in [5, 5.41) is 3.68. The average Bonchev–Trinajstić information content (AvgIpc) is 2.43. The van der Waals surface area contributed by atoms with Gasteiger partial charge in [0, 0.05) is 15.7 Å². The van der Waals surface area contributed by atoms with Crippen LogP contribution in [-0.2, 0) is 0 Å². The van der Waals surface area contributed by atoms with Crippen molar-refractivity contribution in [1.82, 2.24) is 0 Å². The maximum absolute atomic E-state index is 13.8. The van der Waals surface area contributed by atoms with E-state index in [1.54, 1.807) is 6.07 Å². The SMILES string of the molecule is CCCOc1cc(Nc2ccc(I)cc2Cl)c(N)cc1F. The van der Waals surface area contributed by atoms with Crippen LogP contribution in [0.25, 0.3) is 0 Å². The minimum absolute atomic E-state index is 0.176. The summed E-state index contributed by atoms with van der Waals surface area (Å²) in [6.45, 7) is 2.41. The molecule has 0 aliphatic rings. The molecule has 0 bridgehead atoms. The highest BCUT2D eigenvalue weighted by Gasteiger charge is 2.10. The summed E-state index contributed by atoms with van der Waals surface area (Å²) in [4.78, 5) is 0. The van der Waals surface area contributed by atoms with Crippen molar-refractivity contribution < 1.29 is 9.13 Å². The fraction of sp³-hybridized carbons (Fsp3) is 0.200. The van der Waals surface area contributed by atoms with Crippen LogP contribution in [0.15, 0.2) is 30.3 Å². The molecule has 0 aromatic heterocycles. The van der Waals surface area contributed by atoms with E-state index in [1.165, 1.54) is 6.07 Å². The predicted molar refractivity (Wildman–Crippen MR) is 94.1 cm³/mol. The topological polar surface area (TPSA) is 47.3 Å². The number of rotatable bonds is 5. The Balaban J connectivity index is 2.30. The molecule has 2 aromatic carbocycles. The Labute approximate surface area is 141 Å². The Morgan fingerprint density at radius 1 is 1.29 bits per heavy atom. The van der Waals surface area contributed by atoms with Crippen LogP contribution >= 0.6 is 34.2 Å². The molecule has 3 N–H and O–H groups in total. The molecule has 21 heavy (non-hydrogen) atoms. The Kier molecular flexibility index (Phi) is 5.52. The van der Waals surface area contributed by atoms with Gasteiger partial charge in [-0.15, -0.1) is 0 Å². The lowest BCUT2D eigenvalue weighted by Crippen LogP contribution is -2.02. The zero-order chi connectivity index (χ0) is 15.4. The number of anilines is 3. The number of ether oxygens (including phenoxy) is 1. The number of nitrogens with two attached hydrogens (primary N) is 1. The van der Waals surface area contributed by atoms with Gasteiger partial charge in [0.2, 0.25) is 0 Å². The zero-order valence-electron chi connectivity index (χ0n) is 11.4. The minimum atomic E-state index is -0.472. The lowest BCUT2D eigenvalue weighted by molar-refractivity contribution is 0.301. The van der Waals surface area contributed by atoms with Crippen LogP contribution < -0.4 is 15.8 Å². The number of benzene rings is 2. The number of nitrogen functional groups attached to an aromatic ring is 1. The first-order chi connectivity index (χ1) is 10.0.